The van der Waals surface area contributed by atoms with Crippen molar-refractivity contribution in [3.05, 3.63) is 53.7 Å². The van der Waals surface area contributed by atoms with Crippen LogP contribution < -0.4 is 16.8 Å². The van der Waals surface area contributed by atoms with E-state index in [0.717, 1.165) is 53.3 Å². The number of rotatable bonds is 3. The lowest BCUT2D eigenvalue weighted by Crippen LogP contribution is -2.32. The summed E-state index contributed by atoms with van der Waals surface area (Å²) >= 11 is 6.59. The number of fused-ring (bicyclic) bond motifs is 1. The van der Waals surface area contributed by atoms with E-state index in [1.54, 1.807) is 0 Å². The Balaban J connectivity index is 1.77. The maximum absolute atomic E-state index is 6.59. The van der Waals surface area contributed by atoms with E-state index in [1.807, 2.05) is 30.5 Å². The van der Waals surface area contributed by atoms with E-state index < -0.39 is 0 Å². The van der Waals surface area contributed by atoms with Gasteiger partial charge in [-0.25, -0.2) is 4.98 Å². The first-order valence-corrected chi connectivity index (χ1v) is 9.45. The second-order valence-corrected chi connectivity index (χ2v) is 7.47. The molecule has 1 aromatic heterocycles. The van der Waals surface area contributed by atoms with Gasteiger partial charge in [0, 0.05) is 34.9 Å². The highest BCUT2D eigenvalue weighted by Gasteiger charge is 2.19. The quantitative estimate of drug-likeness (QED) is 0.621. The smallest absolute Gasteiger partial charge is 0.132 e. The molecule has 0 unspecified atom stereocenters. The average Bonchev–Trinajstić information content (AvgIpc) is 2.64. The first kappa shape index (κ1) is 17.1. The summed E-state index contributed by atoms with van der Waals surface area (Å²) in [6, 6.07) is 15.0. The number of halogens is 1. The lowest BCUT2D eigenvalue weighted by atomic mass is 9.91. The van der Waals surface area contributed by atoms with Gasteiger partial charge < -0.3 is 16.8 Å². The van der Waals surface area contributed by atoms with E-state index in [4.69, 9.17) is 23.1 Å². The zero-order valence-electron chi connectivity index (χ0n) is 14.6. The van der Waals surface area contributed by atoms with E-state index in [1.165, 1.54) is 0 Å². The number of nitrogen functional groups attached to an aromatic ring is 1. The largest absolute Gasteiger partial charge is 0.383 e. The van der Waals surface area contributed by atoms with Crippen LogP contribution in [0.25, 0.3) is 21.9 Å². The van der Waals surface area contributed by atoms with E-state index in [-0.39, 0.29) is 0 Å². The SMILES string of the molecule is Nc1ncc(-c2ccccc2)c2cc(N[C@H]3CC[C@H](N)CC3)cc(Cl)c12. The molecule has 5 heteroatoms. The third-order valence-electron chi connectivity index (χ3n) is 5.20. The minimum Gasteiger partial charge on any atom is -0.383 e. The highest BCUT2D eigenvalue weighted by atomic mass is 35.5. The Morgan fingerprint density at radius 1 is 1.04 bits per heavy atom. The van der Waals surface area contributed by atoms with Crippen LogP contribution in [0.3, 0.4) is 0 Å². The van der Waals surface area contributed by atoms with Crippen LogP contribution in [-0.2, 0) is 0 Å². The fraction of sp³-hybridized carbons (Fsp3) is 0.286. The lowest BCUT2D eigenvalue weighted by molar-refractivity contribution is 0.411. The van der Waals surface area contributed by atoms with E-state index >= 15 is 0 Å². The molecular formula is C21H23ClN4. The number of hydrogen-bond acceptors (Lipinski definition) is 4. The summed E-state index contributed by atoms with van der Waals surface area (Å²) in [6.07, 6.45) is 6.12. The van der Waals surface area contributed by atoms with Crippen LogP contribution in [0, 0.1) is 0 Å². The van der Waals surface area contributed by atoms with Gasteiger partial charge in [-0.05, 0) is 48.8 Å². The maximum atomic E-state index is 6.59. The predicted octanol–water partition coefficient (Wildman–Crippen LogP) is 4.82. The maximum Gasteiger partial charge on any atom is 0.132 e. The van der Waals surface area contributed by atoms with Crippen molar-refractivity contribution in [1.29, 1.82) is 0 Å². The molecule has 0 spiro atoms. The Hall–Kier alpha value is -2.30. The first-order valence-electron chi connectivity index (χ1n) is 9.07. The lowest BCUT2D eigenvalue weighted by Gasteiger charge is -2.28. The highest BCUT2D eigenvalue weighted by molar-refractivity contribution is 6.37. The average molecular weight is 367 g/mol. The van der Waals surface area contributed by atoms with Crippen molar-refractivity contribution in [1.82, 2.24) is 4.98 Å². The molecule has 5 N–H and O–H groups in total. The van der Waals surface area contributed by atoms with E-state index in [9.17, 15) is 0 Å². The van der Waals surface area contributed by atoms with Crippen molar-refractivity contribution < 1.29 is 0 Å². The Labute approximate surface area is 158 Å². The summed E-state index contributed by atoms with van der Waals surface area (Å²) in [5.74, 6) is 0.458. The van der Waals surface area contributed by atoms with Gasteiger partial charge in [0.1, 0.15) is 5.82 Å². The molecule has 1 saturated carbocycles. The summed E-state index contributed by atoms with van der Waals surface area (Å²) in [4.78, 5) is 4.36. The molecule has 0 radical (unpaired) electrons. The van der Waals surface area contributed by atoms with E-state index in [0.29, 0.717) is 22.9 Å². The number of benzene rings is 2. The van der Waals surface area contributed by atoms with Crippen LogP contribution in [0.1, 0.15) is 25.7 Å². The molecule has 1 heterocycles. The van der Waals surface area contributed by atoms with Crippen molar-refractivity contribution >= 4 is 33.9 Å². The normalized spacial score (nSPS) is 20.2. The molecule has 1 fully saturated rings. The fourth-order valence-corrected chi connectivity index (χ4v) is 4.09. The topological polar surface area (TPSA) is 77.0 Å². The number of nitrogens with one attached hydrogen (secondary N) is 1. The van der Waals surface area contributed by atoms with Crippen LogP contribution >= 0.6 is 11.6 Å². The molecule has 3 aromatic rings. The summed E-state index contributed by atoms with van der Waals surface area (Å²) in [5, 5.41) is 6.09. The van der Waals surface area contributed by atoms with Crippen LogP contribution in [0.4, 0.5) is 11.5 Å². The molecule has 4 rings (SSSR count). The Morgan fingerprint density at radius 3 is 2.50 bits per heavy atom. The Bertz CT molecular complexity index is 918. The highest BCUT2D eigenvalue weighted by Crippen LogP contribution is 2.37. The molecule has 134 valence electrons. The van der Waals surface area contributed by atoms with Crippen molar-refractivity contribution in [2.24, 2.45) is 5.73 Å². The van der Waals surface area contributed by atoms with Gasteiger partial charge in [-0.1, -0.05) is 41.9 Å². The van der Waals surface area contributed by atoms with Crippen LogP contribution in [-0.4, -0.2) is 17.1 Å². The fourth-order valence-electron chi connectivity index (χ4n) is 3.78. The number of nitrogens with two attached hydrogens (primary N) is 2. The van der Waals surface area contributed by atoms with Crippen LogP contribution in [0.2, 0.25) is 5.02 Å². The summed E-state index contributed by atoms with van der Waals surface area (Å²) < 4.78 is 0. The predicted molar refractivity (Wildman–Crippen MR) is 110 cm³/mol. The summed E-state index contributed by atoms with van der Waals surface area (Å²) in [5.41, 5.74) is 15.3. The van der Waals surface area contributed by atoms with Crippen LogP contribution in [0.5, 0.6) is 0 Å². The first-order chi connectivity index (χ1) is 12.6. The number of pyridine rings is 1. The zero-order valence-corrected chi connectivity index (χ0v) is 15.3. The van der Waals surface area contributed by atoms with Gasteiger partial charge in [-0.3, -0.25) is 0 Å². The molecule has 1 aliphatic rings. The summed E-state index contributed by atoms with van der Waals surface area (Å²) in [6.45, 7) is 0. The van der Waals surface area contributed by atoms with Gasteiger partial charge in [-0.2, -0.15) is 0 Å². The molecule has 26 heavy (non-hydrogen) atoms. The molecule has 0 saturated heterocycles. The molecular weight excluding hydrogens is 344 g/mol. The van der Waals surface area contributed by atoms with Gasteiger partial charge in [0.25, 0.3) is 0 Å². The van der Waals surface area contributed by atoms with Crippen molar-refractivity contribution in [3.63, 3.8) is 0 Å². The van der Waals surface area contributed by atoms with Gasteiger partial charge >= 0.3 is 0 Å². The molecule has 1 aliphatic carbocycles. The molecule has 0 bridgehead atoms. The standard InChI is InChI=1S/C21H23ClN4/c22-19-11-16(26-15-8-6-14(23)7-9-15)10-17-18(12-25-21(24)20(17)19)13-4-2-1-3-5-13/h1-5,10-12,14-15,26H,6-9,23H2,(H2,24,25)/t14-,15-. The Morgan fingerprint density at radius 2 is 1.77 bits per heavy atom. The second-order valence-electron chi connectivity index (χ2n) is 7.06. The summed E-state index contributed by atoms with van der Waals surface area (Å²) in [7, 11) is 0. The van der Waals surface area contributed by atoms with Gasteiger partial charge in [0.15, 0.2) is 0 Å². The number of hydrogen-bond donors (Lipinski definition) is 3. The zero-order chi connectivity index (χ0) is 18.1. The molecule has 2 aromatic carbocycles. The third-order valence-corrected chi connectivity index (χ3v) is 5.49. The van der Waals surface area contributed by atoms with Crippen LogP contribution in [0.15, 0.2) is 48.7 Å². The monoisotopic (exact) mass is 366 g/mol. The van der Waals surface area contributed by atoms with Gasteiger partial charge in [-0.15, -0.1) is 0 Å². The van der Waals surface area contributed by atoms with Crippen molar-refractivity contribution in [2.45, 2.75) is 37.8 Å². The van der Waals surface area contributed by atoms with Gasteiger partial charge in [0.2, 0.25) is 0 Å². The molecule has 0 atom stereocenters. The third kappa shape index (κ3) is 3.35. The molecule has 4 nitrogen and oxygen atoms in total. The van der Waals surface area contributed by atoms with E-state index in [2.05, 4.69) is 28.5 Å². The minimum atomic E-state index is 0.337. The second kappa shape index (κ2) is 7.14. The van der Waals surface area contributed by atoms with Crippen molar-refractivity contribution in [3.8, 4) is 11.1 Å². The van der Waals surface area contributed by atoms with Gasteiger partial charge in [0.05, 0.1) is 5.02 Å². The number of aromatic nitrogens is 1. The number of anilines is 2. The molecule has 0 aliphatic heterocycles. The number of nitrogens with zero attached hydrogens (tertiary/aromatic N) is 1. The Kier molecular flexibility index (Phi) is 4.70. The minimum absolute atomic E-state index is 0.337. The molecule has 0 amide bonds. The van der Waals surface area contributed by atoms with Crippen molar-refractivity contribution in [2.75, 3.05) is 11.1 Å².